The van der Waals surface area contributed by atoms with Crippen LogP contribution in [0.25, 0.3) is 0 Å². The first kappa shape index (κ1) is 18.6. The predicted molar refractivity (Wildman–Crippen MR) is 102 cm³/mol. The van der Waals surface area contributed by atoms with E-state index in [0.717, 1.165) is 18.4 Å². The van der Waals surface area contributed by atoms with Gasteiger partial charge in [0, 0.05) is 5.69 Å². The minimum atomic E-state index is -0.319. The second-order valence-corrected chi connectivity index (χ2v) is 6.22. The first-order valence-corrected chi connectivity index (χ1v) is 8.90. The summed E-state index contributed by atoms with van der Waals surface area (Å²) in [5, 5.41) is 2.81. The zero-order chi connectivity index (χ0) is 19.2. The predicted octanol–water partition coefficient (Wildman–Crippen LogP) is 2.16. The number of ether oxygens (including phenoxy) is 2. The molecule has 2 heterocycles. The van der Waals surface area contributed by atoms with Gasteiger partial charge in [-0.15, -0.1) is 0 Å². The maximum atomic E-state index is 12.2. The fourth-order valence-corrected chi connectivity index (χ4v) is 2.79. The number of carbonyl (C=O) groups excluding carboxylic acids is 1. The van der Waals surface area contributed by atoms with Crippen molar-refractivity contribution in [3.05, 3.63) is 47.9 Å². The van der Waals surface area contributed by atoms with Gasteiger partial charge in [0.1, 0.15) is 11.8 Å². The van der Waals surface area contributed by atoms with Crippen LogP contribution in [0.4, 0.5) is 5.69 Å². The molecule has 0 radical (unpaired) electrons. The molecule has 2 aromatic rings. The van der Waals surface area contributed by atoms with Gasteiger partial charge in [-0.3, -0.25) is 4.79 Å². The number of aliphatic imine (C=N–C) groups is 1. The number of nitrogens with two attached hydrogens (primary N) is 1. The Morgan fingerprint density at radius 3 is 2.63 bits per heavy atom. The fourth-order valence-electron chi connectivity index (χ4n) is 2.79. The molecule has 1 aliphatic rings. The number of benzene rings is 1. The van der Waals surface area contributed by atoms with Crippen LogP contribution >= 0.6 is 0 Å². The fraction of sp³-hybridized carbons (Fsp3) is 0.368. The Bertz CT molecular complexity index is 805. The summed E-state index contributed by atoms with van der Waals surface area (Å²) < 4.78 is 10.6. The number of anilines is 1. The van der Waals surface area contributed by atoms with Gasteiger partial charge in [-0.1, -0.05) is 12.1 Å². The number of carbonyl (C=O) groups is 1. The Kier molecular flexibility index (Phi) is 5.85. The molecule has 1 aromatic heterocycles. The molecule has 0 saturated carbocycles. The average Bonchev–Trinajstić information content (AvgIpc) is 2.99. The third-order valence-corrected chi connectivity index (χ3v) is 4.24. The number of rotatable bonds is 7. The van der Waals surface area contributed by atoms with Gasteiger partial charge < -0.3 is 20.5 Å². The van der Waals surface area contributed by atoms with E-state index in [9.17, 15) is 4.79 Å². The molecule has 8 nitrogen and oxygen atoms in total. The second kappa shape index (κ2) is 8.48. The van der Waals surface area contributed by atoms with Gasteiger partial charge in [0.15, 0.2) is 0 Å². The van der Waals surface area contributed by atoms with Gasteiger partial charge in [0.2, 0.25) is 5.88 Å². The van der Waals surface area contributed by atoms with Gasteiger partial charge in [0.25, 0.3) is 11.9 Å². The molecule has 3 N–H and O–H groups in total. The number of nitrogens with zero attached hydrogens (tertiary/aromatic N) is 3. The Labute approximate surface area is 157 Å². The summed E-state index contributed by atoms with van der Waals surface area (Å²) in [5.41, 5.74) is 7.67. The molecule has 8 heteroatoms. The van der Waals surface area contributed by atoms with Crippen LogP contribution in [-0.2, 0) is 11.2 Å². The highest BCUT2D eigenvalue weighted by Crippen LogP contribution is 2.19. The molecule has 1 aromatic carbocycles. The van der Waals surface area contributed by atoms with Gasteiger partial charge in [-0.2, -0.15) is 0 Å². The third kappa shape index (κ3) is 4.93. The van der Waals surface area contributed by atoms with Gasteiger partial charge in [-0.25, -0.2) is 15.0 Å². The molecule has 1 unspecified atom stereocenters. The van der Waals surface area contributed by atoms with Crippen LogP contribution in [0.5, 0.6) is 5.88 Å². The lowest BCUT2D eigenvalue weighted by Crippen LogP contribution is -2.20. The minimum absolute atomic E-state index is 0.0128. The first-order valence-electron chi connectivity index (χ1n) is 8.90. The second-order valence-electron chi connectivity index (χ2n) is 6.22. The highest BCUT2D eigenvalue weighted by atomic mass is 16.5. The van der Waals surface area contributed by atoms with Crippen molar-refractivity contribution < 1.29 is 14.3 Å². The molecule has 1 aliphatic heterocycles. The molecule has 0 aliphatic carbocycles. The van der Waals surface area contributed by atoms with E-state index in [4.69, 9.17) is 15.2 Å². The SMILES string of the molecule is CCOc1cnc(C(=O)Nc2ccc(CCC3N=C(N)O[C@H]3C)cc2)cn1. The summed E-state index contributed by atoms with van der Waals surface area (Å²) in [4.78, 5) is 24.6. The number of nitrogens with one attached hydrogen (secondary N) is 1. The summed E-state index contributed by atoms with van der Waals surface area (Å²) in [7, 11) is 0. The Balaban J connectivity index is 1.53. The summed E-state index contributed by atoms with van der Waals surface area (Å²) in [6.07, 6.45) is 4.55. The molecule has 0 saturated heterocycles. The van der Waals surface area contributed by atoms with E-state index in [2.05, 4.69) is 20.3 Å². The molecule has 142 valence electrons. The monoisotopic (exact) mass is 369 g/mol. The lowest BCUT2D eigenvalue weighted by atomic mass is 10.0. The lowest BCUT2D eigenvalue weighted by Gasteiger charge is -2.12. The number of hydrogen-bond acceptors (Lipinski definition) is 7. The number of aryl methyl sites for hydroxylation is 1. The number of aromatic nitrogens is 2. The minimum Gasteiger partial charge on any atom is -0.477 e. The van der Waals surface area contributed by atoms with Crippen molar-refractivity contribution in [1.82, 2.24) is 9.97 Å². The van der Waals surface area contributed by atoms with E-state index >= 15 is 0 Å². The van der Waals surface area contributed by atoms with Crippen molar-refractivity contribution in [3.63, 3.8) is 0 Å². The molecule has 0 bridgehead atoms. The average molecular weight is 369 g/mol. The van der Waals surface area contributed by atoms with E-state index in [1.807, 2.05) is 38.1 Å². The molecule has 1 amide bonds. The van der Waals surface area contributed by atoms with Crippen molar-refractivity contribution in [3.8, 4) is 5.88 Å². The summed E-state index contributed by atoms with van der Waals surface area (Å²) in [6.45, 7) is 4.33. The maximum absolute atomic E-state index is 12.2. The molecule has 3 rings (SSSR count). The van der Waals surface area contributed by atoms with Crippen LogP contribution < -0.4 is 15.8 Å². The third-order valence-electron chi connectivity index (χ3n) is 4.24. The van der Waals surface area contributed by atoms with E-state index in [1.165, 1.54) is 12.4 Å². The smallest absolute Gasteiger partial charge is 0.282 e. The molecule has 2 atom stereocenters. The van der Waals surface area contributed by atoms with Crippen molar-refractivity contribution in [2.75, 3.05) is 11.9 Å². The van der Waals surface area contributed by atoms with Crippen LogP contribution in [0.1, 0.15) is 36.3 Å². The lowest BCUT2D eigenvalue weighted by molar-refractivity contribution is 0.102. The highest BCUT2D eigenvalue weighted by Gasteiger charge is 2.25. The van der Waals surface area contributed by atoms with Crippen molar-refractivity contribution in [1.29, 1.82) is 0 Å². The Morgan fingerprint density at radius 1 is 1.26 bits per heavy atom. The highest BCUT2D eigenvalue weighted by molar-refractivity contribution is 6.02. The van der Waals surface area contributed by atoms with Crippen LogP contribution in [0.15, 0.2) is 41.7 Å². The standard InChI is InChI=1S/C19H23N5O3/c1-3-26-17-11-21-16(10-22-17)18(25)23-14-7-4-13(5-8-14)6-9-15-12(2)27-19(20)24-15/h4-5,7-8,10-12,15H,3,6,9H2,1-2H3,(H2,20,24)(H,23,25)/t12-,15?/m0/s1. The first-order chi connectivity index (χ1) is 13.0. The largest absolute Gasteiger partial charge is 0.477 e. The topological polar surface area (TPSA) is 112 Å². The van der Waals surface area contributed by atoms with E-state index < -0.39 is 0 Å². The zero-order valence-electron chi connectivity index (χ0n) is 15.4. The molecular formula is C19H23N5O3. The Hall–Kier alpha value is -3.16. The maximum Gasteiger partial charge on any atom is 0.282 e. The van der Waals surface area contributed by atoms with Gasteiger partial charge in [0.05, 0.1) is 25.0 Å². The quantitative estimate of drug-likeness (QED) is 0.773. The van der Waals surface area contributed by atoms with Crippen LogP contribution in [0.3, 0.4) is 0 Å². The van der Waals surface area contributed by atoms with Gasteiger partial charge >= 0.3 is 0 Å². The van der Waals surface area contributed by atoms with Gasteiger partial charge in [-0.05, 0) is 44.4 Å². The molecule has 27 heavy (non-hydrogen) atoms. The zero-order valence-corrected chi connectivity index (χ0v) is 15.4. The molecule has 0 spiro atoms. The molecule has 0 fully saturated rings. The normalized spacial score (nSPS) is 18.5. The Morgan fingerprint density at radius 2 is 2.04 bits per heavy atom. The van der Waals surface area contributed by atoms with Crippen LogP contribution in [0, 0.1) is 0 Å². The molecular weight excluding hydrogens is 346 g/mol. The van der Waals surface area contributed by atoms with Crippen molar-refractivity contribution >= 4 is 17.6 Å². The number of hydrogen-bond donors (Lipinski definition) is 2. The van der Waals surface area contributed by atoms with E-state index in [1.54, 1.807) is 0 Å². The van der Waals surface area contributed by atoms with Crippen LogP contribution in [0.2, 0.25) is 0 Å². The van der Waals surface area contributed by atoms with Crippen molar-refractivity contribution in [2.24, 2.45) is 10.7 Å². The number of amides is 1. The van der Waals surface area contributed by atoms with Crippen LogP contribution in [-0.4, -0.2) is 40.6 Å². The summed E-state index contributed by atoms with van der Waals surface area (Å²) in [5.74, 6) is 0.0755. The summed E-state index contributed by atoms with van der Waals surface area (Å²) >= 11 is 0. The van der Waals surface area contributed by atoms with Crippen molar-refractivity contribution in [2.45, 2.75) is 38.8 Å². The summed E-state index contributed by atoms with van der Waals surface area (Å²) in [6, 6.07) is 8.04. The van der Waals surface area contributed by atoms with E-state index in [-0.39, 0.29) is 29.8 Å². The van der Waals surface area contributed by atoms with E-state index in [0.29, 0.717) is 18.2 Å². The number of amidine groups is 1.